The van der Waals surface area contributed by atoms with E-state index in [-0.39, 0.29) is 0 Å². The van der Waals surface area contributed by atoms with Crippen LogP contribution in [0.2, 0.25) is 0 Å². The molecule has 0 aromatic rings. The van der Waals surface area contributed by atoms with Gasteiger partial charge in [-0.1, -0.05) is 0 Å². The second kappa shape index (κ2) is 5.99. The van der Waals surface area contributed by atoms with Crippen LogP contribution < -0.4 is 21.8 Å². The Morgan fingerprint density at radius 1 is 1.18 bits per heavy atom. The highest BCUT2D eigenvalue weighted by Crippen LogP contribution is 2.06. The van der Waals surface area contributed by atoms with Crippen LogP contribution in [0, 0.1) is 0 Å². The minimum atomic E-state index is -3.14. The predicted octanol–water partition coefficient (Wildman–Crippen LogP) is -0.707. The zero-order valence-corrected chi connectivity index (χ0v) is 8.04. The lowest BCUT2D eigenvalue weighted by Crippen LogP contribution is -2.24. The Hall–Kier alpha value is 0.420. The number of hydrogen-bond donors (Lipinski definition) is 4. The molecule has 0 amide bonds. The average molecular weight is 198 g/mol. The molecule has 5 nitrogen and oxygen atoms in total. The van der Waals surface area contributed by atoms with E-state index >= 15 is 0 Å². The lowest BCUT2D eigenvalue weighted by atomic mass is 10.6. The molecule has 0 bridgehead atoms. The normalized spacial score (nSPS) is 18.5. The number of rotatable bonds is 0. The molecule has 0 saturated carbocycles. The van der Waals surface area contributed by atoms with Gasteiger partial charge in [0.15, 0.2) is 0 Å². The van der Waals surface area contributed by atoms with Crippen molar-refractivity contribution in [2.45, 2.75) is 0 Å². The SMILES string of the molecule is C1CSCCN1.NP(N)(N)=O. The first-order valence-corrected chi connectivity index (χ1v) is 6.31. The van der Waals surface area contributed by atoms with Gasteiger partial charge in [-0.3, -0.25) is 21.1 Å². The minimum Gasteiger partial charge on any atom is -0.315 e. The van der Waals surface area contributed by atoms with Gasteiger partial charge in [0.25, 0.3) is 7.59 Å². The highest BCUT2D eigenvalue weighted by Gasteiger charge is 1.93. The van der Waals surface area contributed by atoms with Crippen LogP contribution in [-0.2, 0) is 4.57 Å². The van der Waals surface area contributed by atoms with E-state index < -0.39 is 7.59 Å². The Labute approximate surface area is 71.0 Å². The largest absolute Gasteiger partial charge is 0.315 e. The smallest absolute Gasteiger partial charge is 0.271 e. The van der Waals surface area contributed by atoms with E-state index in [2.05, 4.69) is 21.8 Å². The molecule has 0 aliphatic carbocycles. The predicted molar refractivity (Wildman–Crippen MR) is 50.4 cm³/mol. The molecule has 1 fully saturated rings. The Balaban J connectivity index is 0.000000187. The number of thioether (sulfide) groups is 1. The maximum Gasteiger partial charge on any atom is 0.271 e. The maximum absolute atomic E-state index is 9.55. The summed E-state index contributed by atoms with van der Waals surface area (Å²) in [4.78, 5) is 0. The topological polar surface area (TPSA) is 107 Å². The average Bonchev–Trinajstić information content (AvgIpc) is 1.88. The minimum absolute atomic E-state index is 1.21. The molecule has 0 unspecified atom stereocenters. The summed E-state index contributed by atoms with van der Waals surface area (Å²) in [6.07, 6.45) is 0. The van der Waals surface area contributed by atoms with E-state index in [4.69, 9.17) is 0 Å². The maximum atomic E-state index is 9.55. The van der Waals surface area contributed by atoms with Crippen LogP contribution in [0.5, 0.6) is 0 Å². The van der Waals surface area contributed by atoms with Crippen LogP contribution in [0.1, 0.15) is 0 Å². The second-order valence-electron chi connectivity index (χ2n) is 2.13. The monoisotopic (exact) mass is 198 g/mol. The molecule has 1 heterocycles. The van der Waals surface area contributed by atoms with E-state index in [1.54, 1.807) is 0 Å². The van der Waals surface area contributed by atoms with E-state index in [9.17, 15) is 4.57 Å². The van der Waals surface area contributed by atoms with Crippen molar-refractivity contribution in [2.75, 3.05) is 24.6 Å². The lowest BCUT2D eigenvalue weighted by Gasteiger charge is -2.08. The standard InChI is InChI=1S/C4H9NS.H6N3OP/c1-3-6-4-2-5-1;1-5(2,3)4/h5H,1-4H2;(H6,1,2,3,4). The molecule has 0 atom stereocenters. The van der Waals surface area contributed by atoms with E-state index in [0.717, 1.165) is 0 Å². The molecule has 1 saturated heterocycles. The zero-order valence-electron chi connectivity index (χ0n) is 6.32. The van der Waals surface area contributed by atoms with Crippen molar-refractivity contribution in [3.05, 3.63) is 0 Å². The van der Waals surface area contributed by atoms with Gasteiger partial charge in [-0.05, 0) is 0 Å². The van der Waals surface area contributed by atoms with Gasteiger partial charge in [0.05, 0.1) is 0 Å². The van der Waals surface area contributed by atoms with Crippen LogP contribution in [0.25, 0.3) is 0 Å². The van der Waals surface area contributed by atoms with Crippen LogP contribution in [0.3, 0.4) is 0 Å². The Bertz CT molecular complexity index is 114. The first kappa shape index (κ1) is 11.4. The van der Waals surface area contributed by atoms with E-state index in [1.807, 2.05) is 11.8 Å². The van der Waals surface area contributed by atoms with Crippen LogP contribution in [0.4, 0.5) is 0 Å². The molecule has 0 aromatic heterocycles. The van der Waals surface area contributed by atoms with Gasteiger partial charge >= 0.3 is 0 Å². The summed E-state index contributed by atoms with van der Waals surface area (Å²) in [6.45, 7) is 2.43. The van der Waals surface area contributed by atoms with Gasteiger partial charge in [0, 0.05) is 24.6 Å². The number of nitrogens with one attached hydrogen (secondary N) is 1. The van der Waals surface area contributed by atoms with Gasteiger partial charge in [-0.2, -0.15) is 11.8 Å². The van der Waals surface area contributed by atoms with Crippen LogP contribution in [-0.4, -0.2) is 24.6 Å². The highest BCUT2D eigenvalue weighted by molar-refractivity contribution is 7.99. The Kier molecular flexibility index (Phi) is 6.22. The van der Waals surface area contributed by atoms with Gasteiger partial charge in [-0.25, -0.2) is 0 Å². The molecule has 1 rings (SSSR count). The quantitative estimate of drug-likeness (QED) is 0.383. The first-order chi connectivity index (χ1) is 5.00. The van der Waals surface area contributed by atoms with E-state index in [1.165, 1.54) is 24.6 Å². The van der Waals surface area contributed by atoms with Crippen molar-refractivity contribution in [3.8, 4) is 0 Å². The molecule has 7 N–H and O–H groups in total. The summed E-state index contributed by atoms with van der Waals surface area (Å²) in [5.41, 5.74) is 13.4. The van der Waals surface area contributed by atoms with Crippen molar-refractivity contribution in [3.63, 3.8) is 0 Å². The molecule has 1 aliphatic rings. The van der Waals surface area contributed by atoms with Gasteiger partial charge in [0.2, 0.25) is 0 Å². The third-order valence-electron chi connectivity index (χ3n) is 0.846. The summed E-state index contributed by atoms with van der Waals surface area (Å²) < 4.78 is 9.55. The van der Waals surface area contributed by atoms with E-state index in [0.29, 0.717) is 0 Å². The summed E-state index contributed by atoms with van der Waals surface area (Å²) in [6, 6.07) is 0. The van der Waals surface area contributed by atoms with Gasteiger partial charge in [0.1, 0.15) is 0 Å². The molecule has 0 aromatic carbocycles. The van der Waals surface area contributed by atoms with Crippen molar-refractivity contribution in [1.82, 2.24) is 5.32 Å². The molecular weight excluding hydrogens is 183 g/mol. The Morgan fingerprint density at radius 2 is 1.55 bits per heavy atom. The lowest BCUT2D eigenvalue weighted by molar-refractivity contribution is 0.577. The Morgan fingerprint density at radius 3 is 1.64 bits per heavy atom. The van der Waals surface area contributed by atoms with Crippen molar-refractivity contribution < 1.29 is 4.57 Å². The van der Waals surface area contributed by atoms with Crippen LogP contribution in [0.15, 0.2) is 0 Å². The summed E-state index contributed by atoms with van der Waals surface area (Å²) >= 11 is 2.03. The first-order valence-electron chi connectivity index (χ1n) is 3.24. The molecule has 68 valence electrons. The van der Waals surface area contributed by atoms with Crippen molar-refractivity contribution in [2.24, 2.45) is 16.5 Å². The fraction of sp³-hybridized carbons (Fsp3) is 1.00. The molecular formula is C4H15N4OPS. The molecule has 7 heteroatoms. The third-order valence-corrected chi connectivity index (χ3v) is 1.83. The van der Waals surface area contributed by atoms with Crippen LogP contribution >= 0.6 is 19.4 Å². The van der Waals surface area contributed by atoms with Gasteiger partial charge in [-0.15, -0.1) is 0 Å². The third kappa shape index (κ3) is 17.9. The summed E-state index contributed by atoms with van der Waals surface area (Å²) in [5, 5.41) is 3.26. The molecule has 0 radical (unpaired) electrons. The van der Waals surface area contributed by atoms with Crippen molar-refractivity contribution in [1.29, 1.82) is 0 Å². The van der Waals surface area contributed by atoms with Gasteiger partial charge < -0.3 is 5.32 Å². The number of hydrogen-bond acceptors (Lipinski definition) is 3. The zero-order chi connectivity index (χ0) is 8.74. The molecule has 11 heavy (non-hydrogen) atoms. The molecule has 1 aliphatic heterocycles. The summed E-state index contributed by atoms with van der Waals surface area (Å²) in [7, 11) is -3.14. The van der Waals surface area contributed by atoms with Crippen molar-refractivity contribution >= 4 is 19.4 Å². The fourth-order valence-corrected chi connectivity index (χ4v) is 1.30. The second-order valence-corrected chi connectivity index (χ2v) is 4.88. The molecule has 0 spiro atoms. The number of nitrogens with two attached hydrogens (primary N) is 3. The fourth-order valence-electron chi connectivity index (χ4n) is 0.516. The summed E-state index contributed by atoms with van der Waals surface area (Å²) in [5.74, 6) is 2.61. The highest BCUT2D eigenvalue weighted by atomic mass is 32.2.